The molecular formula is C17H21NO3. The zero-order chi connectivity index (χ0) is 15.0. The summed E-state index contributed by atoms with van der Waals surface area (Å²) in [5.41, 5.74) is 3.43. The average molecular weight is 287 g/mol. The van der Waals surface area contributed by atoms with Gasteiger partial charge < -0.3 is 10.0 Å². The predicted molar refractivity (Wildman–Crippen MR) is 80.3 cm³/mol. The summed E-state index contributed by atoms with van der Waals surface area (Å²) in [6.07, 6.45) is 3.82. The van der Waals surface area contributed by atoms with Gasteiger partial charge in [-0.1, -0.05) is 18.2 Å². The molecule has 3 rings (SSSR count). The summed E-state index contributed by atoms with van der Waals surface area (Å²) in [7, 11) is 0. The molecule has 1 fully saturated rings. The van der Waals surface area contributed by atoms with Crippen molar-refractivity contribution in [2.75, 3.05) is 11.4 Å². The van der Waals surface area contributed by atoms with E-state index in [9.17, 15) is 9.59 Å². The molecule has 2 atom stereocenters. The van der Waals surface area contributed by atoms with Gasteiger partial charge in [-0.25, -0.2) is 0 Å². The molecule has 0 aromatic heterocycles. The Morgan fingerprint density at radius 2 is 2.00 bits per heavy atom. The van der Waals surface area contributed by atoms with E-state index in [2.05, 4.69) is 6.07 Å². The number of carbonyl (C=O) groups is 2. The van der Waals surface area contributed by atoms with E-state index in [1.54, 1.807) is 0 Å². The number of fused-ring (bicyclic) bond motifs is 1. The Labute approximate surface area is 124 Å². The Balaban J connectivity index is 1.83. The molecule has 1 aliphatic carbocycles. The van der Waals surface area contributed by atoms with Crippen LogP contribution in [0.2, 0.25) is 0 Å². The van der Waals surface area contributed by atoms with Gasteiger partial charge in [-0.15, -0.1) is 0 Å². The van der Waals surface area contributed by atoms with E-state index in [0.717, 1.165) is 30.6 Å². The van der Waals surface area contributed by atoms with Crippen molar-refractivity contribution in [2.45, 2.75) is 39.0 Å². The highest BCUT2D eigenvalue weighted by Gasteiger charge is 2.37. The number of hydrogen-bond acceptors (Lipinski definition) is 2. The summed E-state index contributed by atoms with van der Waals surface area (Å²) in [6.45, 7) is 2.80. The van der Waals surface area contributed by atoms with Gasteiger partial charge in [0.25, 0.3) is 0 Å². The van der Waals surface area contributed by atoms with Gasteiger partial charge in [-0.05, 0) is 50.2 Å². The van der Waals surface area contributed by atoms with Crippen molar-refractivity contribution in [3.63, 3.8) is 0 Å². The van der Waals surface area contributed by atoms with Crippen LogP contribution in [0.4, 0.5) is 5.69 Å². The number of anilines is 1. The van der Waals surface area contributed by atoms with E-state index in [1.807, 2.05) is 24.0 Å². The highest BCUT2D eigenvalue weighted by molar-refractivity contribution is 5.97. The van der Waals surface area contributed by atoms with Crippen LogP contribution in [-0.4, -0.2) is 23.5 Å². The minimum absolute atomic E-state index is 0.119. The summed E-state index contributed by atoms with van der Waals surface area (Å²) in [5.74, 6) is -1.12. The van der Waals surface area contributed by atoms with E-state index >= 15 is 0 Å². The summed E-state index contributed by atoms with van der Waals surface area (Å²) in [4.78, 5) is 25.8. The van der Waals surface area contributed by atoms with Crippen LogP contribution in [0.15, 0.2) is 18.2 Å². The van der Waals surface area contributed by atoms with E-state index < -0.39 is 5.97 Å². The number of carboxylic acid groups (broad SMARTS) is 1. The van der Waals surface area contributed by atoms with Crippen molar-refractivity contribution in [3.8, 4) is 0 Å². The smallest absolute Gasteiger partial charge is 0.306 e. The summed E-state index contributed by atoms with van der Waals surface area (Å²) >= 11 is 0. The largest absolute Gasteiger partial charge is 0.481 e. The quantitative estimate of drug-likeness (QED) is 0.910. The van der Waals surface area contributed by atoms with Crippen molar-refractivity contribution >= 4 is 17.6 Å². The summed E-state index contributed by atoms with van der Waals surface area (Å²) < 4.78 is 0. The Morgan fingerprint density at radius 3 is 2.71 bits per heavy atom. The molecule has 1 heterocycles. The number of hydrogen-bond donors (Lipinski definition) is 1. The van der Waals surface area contributed by atoms with Gasteiger partial charge in [-0.2, -0.15) is 0 Å². The molecule has 1 saturated carbocycles. The lowest BCUT2D eigenvalue weighted by atomic mass is 9.95. The van der Waals surface area contributed by atoms with Crippen molar-refractivity contribution in [3.05, 3.63) is 29.3 Å². The number of nitrogens with zero attached hydrogens (tertiary/aromatic N) is 1. The van der Waals surface area contributed by atoms with E-state index in [1.165, 1.54) is 5.56 Å². The topological polar surface area (TPSA) is 57.6 Å². The maximum absolute atomic E-state index is 12.8. The molecule has 1 aromatic carbocycles. The van der Waals surface area contributed by atoms with Crippen molar-refractivity contribution in [1.29, 1.82) is 0 Å². The third-order valence-electron chi connectivity index (χ3n) is 4.82. The first-order valence-electron chi connectivity index (χ1n) is 7.70. The molecule has 0 spiro atoms. The SMILES string of the molecule is Cc1cccc2c1N(C(=O)[C@@H]1CC[C@H](C(=O)O)C1)CCC2. The van der Waals surface area contributed by atoms with Crippen molar-refractivity contribution in [2.24, 2.45) is 11.8 Å². The molecular weight excluding hydrogens is 266 g/mol. The van der Waals surface area contributed by atoms with Crippen LogP contribution in [0.1, 0.15) is 36.8 Å². The molecule has 0 unspecified atom stereocenters. The number of amides is 1. The first-order valence-corrected chi connectivity index (χ1v) is 7.70. The van der Waals surface area contributed by atoms with Crippen molar-refractivity contribution in [1.82, 2.24) is 0 Å². The highest BCUT2D eigenvalue weighted by Crippen LogP contribution is 2.36. The molecule has 1 N–H and O–H groups in total. The van der Waals surface area contributed by atoms with Crippen LogP contribution in [0, 0.1) is 18.8 Å². The Kier molecular flexibility index (Phi) is 3.70. The first-order chi connectivity index (χ1) is 10.1. The van der Waals surface area contributed by atoms with Crippen LogP contribution in [0.25, 0.3) is 0 Å². The molecule has 1 amide bonds. The maximum atomic E-state index is 12.8. The monoisotopic (exact) mass is 287 g/mol. The summed E-state index contributed by atoms with van der Waals surface area (Å²) in [6, 6.07) is 6.17. The van der Waals surface area contributed by atoms with Crippen LogP contribution >= 0.6 is 0 Å². The number of para-hydroxylation sites is 1. The minimum atomic E-state index is -0.763. The number of aryl methyl sites for hydroxylation is 2. The van der Waals surface area contributed by atoms with E-state index in [4.69, 9.17) is 5.11 Å². The second kappa shape index (κ2) is 5.51. The van der Waals surface area contributed by atoms with Crippen LogP contribution < -0.4 is 4.90 Å². The Hall–Kier alpha value is -1.84. The molecule has 0 saturated heterocycles. The molecule has 1 aliphatic heterocycles. The lowest BCUT2D eigenvalue weighted by Gasteiger charge is -2.33. The fourth-order valence-electron chi connectivity index (χ4n) is 3.72. The summed E-state index contributed by atoms with van der Waals surface area (Å²) in [5, 5.41) is 9.10. The number of benzene rings is 1. The van der Waals surface area contributed by atoms with Crippen LogP contribution in [0.5, 0.6) is 0 Å². The third-order valence-corrected chi connectivity index (χ3v) is 4.82. The fourth-order valence-corrected chi connectivity index (χ4v) is 3.72. The van der Waals surface area contributed by atoms with Gasteiger partial charge in [0, 0.05) is 18.2 Å². The van der Waals surface area contributed by atoms with Crippen LogP contribution in [-0.2, 0) is 16.0 Å². The van der Waals surface area contributed by atoms with Gasteiger partial charge in [0.2, 0.25) is 5.91 Å². The molecule has 4 nitrogen and oxygen atoms in total. The average Bonchev–Trinajstić information content (AvgIpc) is 2.96. The second-order valence-corrected chi connectivity index (χ2v) is 6.22. The zero-order valence-electron chi connectivity index (χ0n) is 12.3. The standard InChI is InChI=1S/C17H21NO3/c1-11-4-2-5-12-6-3-9-18(15(11)12)16(19)13-7-8-14(10-13)17(20)21/h2,4-5,13-14H,3,6-10H2,1H3,(H,20,21)/t13-,14+/m1/s1. The highest BCUT2D eigenvalue weighted by atomic mass is 16.4. The van der Waals surface area contributed by atoms with E-state index in [0.29, 0.717) is 19.3 Å². The Bertz CT molecular complexity index is 581. The second-order valence-electron chi connectivity index (χ2n) is 6.22. The molecule has 112 valence electrons. The molecule has 1 aromatic rings. The van der Waals surface area contributed by atoms with Gasteiger partial charge in [0.1, 0.15) is 0 Å². The fraction of sp³-hybridized carbons (Fsp3) is 0.529. The lowest BCUT2D eigenvalue weighted by molar-refractivity contribution is -0.141. The molecule has 2 aliphatic rings. The zero-order valence-corrected chi connectivity index (χ0v) is 12.3. The van der Waals surface area contributed by atoms with Gasteiger partial charge in [0.05, 0.1) is 5.92 Å². The number of carboxylic acids is 1. The number of carbonyl (C=O) groups excluding carboxylic acids is 1. The maximum Gasteiger partial charge on any atom is 0.306 e. The normalized spacial score (nSPS) is 24.7. The molecule has 0 radical (unpaired) electrons. The van der Waals surface area contributed by atoms with Gasteiger partial charge in [0.15, 0.2) is 0 Å². The molecule has 21 heavy (non-hydrogen) atoms. The number of aliphatic carboxylic acids is 1. The Morgan fingerprint density at radius 1 is 1.24 bits per heavy atom. The molecule has 0 bridgehead atoms. The van der Waals surface area contributed by atoms with Gasteiger partial charge in [-0.3, -0.25) is 9.59 Å². The van der Waals surface area contributed by atoms with E-state index in [-0.39, 0.29) is 17.7 Å². The van der Waals surface area contributed by atoms with Gasteiger partial charge >= 0.3 is 5.97 Å². The van der Waals surface area contributed by atoms with Crippen LogP contribution in [0.3, 0.4) is 0 Å². The number of rotatable bonds is 2. The minimum Gasteiger partial charge on any atom is -0.481 e. The lowest BCUT2D eigenvalue weighted by Crippen LogP contribution is -2.39. The van der Waals surface area contributed by atoms with Crippen molar-refractivity contribution < 1.29 is 14.7 Å². The molecule has 4 heteroatoms. The third kappa shape index (κ3) is 2.55. The predicted octanol–water partition coefficient (Wildman–Crippen LogP) is 2.78. The first kappa shape index (κ1) is 14.1.